The lowest BCUT2D eigenvalue weighted by Crippen LogP contribution is -2.38. The van der Waals surface area contributed by atoms with Crippen LogP contribution in [0.3, 0.4) is 0 Å². The molecule has 1 atom stereocenters. The van der Waals surface area contributed by atoms with Crippen LogP contribution < -0.4 is 16.4 Å². The summed E-state index contributed by atoms with van der Waals surface area (Å²) in [7, 11) is 0. The number of urea groups is 1. The first-order chi connectivity index (χ1) is 7.75. The second-order valence-electron chi connectivity index (χ2n) is 3.60. The summed E-state index contributed by atoms with van der Waals surface area (Å²) in [6.45, 7) is 1.25. The summed E-state index contributed by atoms with van der Waals surface area (Å²) in [4.78, 5) is 15.5. The maximum atomic E-state index is 11.5. The molecule has 0 spiro atoms. The van der Waals surface area contributed by atoms with Crippen LogP contribution in [-0.2, 0) is 4.74 Å². The zero-order chi connectivity index (χ0) is 11.4. The average Bonchev–Trinajstić information content (AvgIpc) is 2.74. The third-order valence-electron chi connectivity index (χ3n) is 2.34. The van der Waals surface area contributed by atoms with Crippen LogP contribution in [0.15, 0.2) is 18.3 Å². The Labute approximate surface area is 93.2 Å². The number of rotatable bonds is 2. The summed E-state index contributed by atoms with van der Waals surface area (Å²) in [6.07, 6.45) is 2.41. The molecule has 1 aliphatic heterocycles. The predicted molar refractivity (Wildman–Crippen MR) is 60.0 cm³/mol. The lowest BCUT2D eigenvalue weighted by molar-refractivity contribution is 0.189. The molecule has 86 valence electrons. The van der Waals surface area contributed by atoms with Crippen LogP contribution in [0, 0.1) is 0 Å². The minimum absolute atomic E-state index is 0.0740. The number of nitrogens with one attached hydrogen (secondary N) is 2. The lowest BCUT2D eigenvalue weighted by atomic mass is 10.3. The van der Waals surface area contributed by atoms with Gasteiger partial charge in [-0.2, -0.15) is 0 Å². The molecule has 0 saturated carbocycles. The molecule has 2 rings (SSSR count). The minimum Gasteiger partial charge on any atom is -0.396 e. The van der Waals surface area contributed by atoms with Gasteiger partial charge >= 0.3 is 6.03 Å². The normalized spacial score (nSPS) is 19.4. The Balaban J connectivity index is 1.89. The van der Waals surface area contributed by atoms with E-state index in [1.54, 1.807) is 18.3 Å². The van der Waals surface area contributed by atoms with Gasteiger partial charge in [0, 0.05) is 12.8 Å². The van der Waals surface area contributed by atoms with Crippen LogP contribution >= 0.6 is 0 Å². The van der Waals surface area contributed by atoms with Crippen molar-refractivity contribution in [3.05, 3.63) is 18.3 Å². The highest BCUT2D eigenvalue weighted by atomic mass is 16.5. The Morgan fingerprint density at radius 3 is 3.19 bits per heavy atom. The molecule has 2 heterocycles. The van der Waals surface area contributed by atoms with Crippen molar-refractivity contribution in [2.45, 2.75) is 12.5 Å². The number of aromatic nitrogens is 1. The molecule has 1 aromatic heterocycles. The van der Waals surface area contributed by atoms with E-state index in [2.05, 4.69) is 15.6 Å². The van der Waals surface area contributed by atoms with Crippen molar-refractivity contribution in [1.29, 1.82) is 0 Å². The van der Waals surface area contributed by atoms with Gasteiger partial charge in [0.15, 0.2) is 5.82 Å². The highest BCUT2D eigenvalue weighted by Gasteiger charge is 2.18. The lowest BCUT2D eigenvalue weighted by Gasteiger charge is -2.12. The Morgan fingerprint density at radius 2 is 2.50 bits per heavy atom. The van der Waals surface area contributed by atoms with Crippen molar-refractivity contribution in [2.24, 2.45) is 0 Å². The maximum Gasteiger partial charge on any atom is 0.320 e. The molecule has 2 amide bonds. The summed E-state index contributed by atoms with van der Waals surface area (Å²) >= 11 is 0. The zero-order valence-corrected chi connectivity index (χ0v) is 8.77. The average molecular weight is 222 g/mol. The molecule has 1 fully saturated rings. The standard InChI is InChI=1S/C10H14N4O2/c11-8-2-1-4-12-9(8)14-10(15)13-7-3-5-16-6-7/h1-2,4,7H,3,5-6,11H2,(H2,12,13,14,15). The van der Waals surface area contributed by atoms with E-state index in [1.165, 1.54) is 0 Å². The van der Waals surface area contributed by atoms with Gasteiger partial charge in [-0.15, -0.1) is 0 Å². The molecular formula is C10H14N4O2. The number of carbonyl (C=O) groups is 1. The van der Waals surface area contributed by atoms with E-state index in [9.17, 15) is 4.79 Å². The van der Waals surface area contributed by atoms with Gasteiger partial charge in [0.25, 0.3) is 0 Å². The number of carbonyl (C=O) groups excluding carboxylic acids is 1. The fourth-order valence-electron chi connectivity index (χ4n) is 1.50. The van der Waals surface area contributed by atoms with E-state index >= 15 is 0 Å². The Kier molecular flexibility index (Phi) is 3.21. The van der Waals surface area contributed by atoms with Gasteiger partial charge < -0.3 is 15.8 Å². The van der Waals surface area contributed by atoms with Crippen molar-refractivity contribution < 1.29 is 9.53 Å². The van der Waals surface area contributed by atoms with Crippen LogP contribution in [0.2, 0.25) is 0 Å². The largest absolute Gasteiger partial charge is 0.396 e. The molecule has 1 aromatic rings. The van der Waals surface area contributed by atoms with Crippen LogP contribution in [-0.4, -0.2) is 30.3 Å². The van der Waals surface area contributed by atoms with Gasteiger partial charge in [-0.05, 0) is 18.6 Å². The predicted octanol–water partition coefficient (Wildman–Crippen LogP) is 0.574. The molecule has 0 radical (unpaired) electrons. The van der Waals surface area contributed by atoms with Gasteiger partial charge in [-0.1, -0.05) is 0 Å². The van der Waals surface area contributed by atoms with E-state index < -0.39 is 0 Å². The van der Waals surface area contributed by atoms with Gasteiger partial charge in [-0.25, -0.2) is 9.78 Å². The molecule has 4 N–H and O–H groups in total. The van der Waals surface area contributed by atoms with Crippen molar-refractivity contribution in [1.82, 2.24) is 10.3 Å². The van der Waals surface area contributed by atoms with Gasteiger partial charge in [0.2, 0.25) is 0 Å². The van der Waals surface area contributed by atoms with Crippen molar-refractivity contribution >= 4 is 17.5 Å². The second kappa shape index (κ2) is 4.80. The number of nitrogens with two attached hydrogens (primary N) is 1. The second-order valence-corrected chi connectivity index (χ2v) is 3.60. The summed E-state index contributed by atoms with van der Waals surface area (Å²) in [5.41, 5.74) is 6.09. The minimum atomic E-state index is -0.305. The highest BCUT2D eigenvalue weighted by molar-refractivity contribution is 5.91. The Bertz CT molecular complexity index is 377. The molecule has 6 heteroatoms. The van der Waals surface area contributed by atoms with E-state index in [0.717, 1.165) is 6.42 Å². The fraction of sp³-hybridized carbons (Fsp3) is 0.400. The zero-order valence-electron chi connectivity index (χ0n) is 8.77. The van der Waals surface area contributed by atoms with Gasteiger partial charge in [-0.3, -0.25) is 5.32 Å². The smallest absolute Gasteiger partial charge is 0.320 e. The molecular weight excluding hydrogens is 208 g/mol. The number of hydrogen-bond acceptors (Lipinski definition) is 4. The molecule has 1 saturated heterocycles. The first-order valence-corrected chi connectivity index (χ1v) is 5.11. The quantitative estimate of drug-likeness (QED) is 0.682. The first-order valence-electron chi connectivity index (χ1n) is 5.11. The summed E-state index contributed by atoms with van der Waals surface area (Å²) in [6, 6.07) is 3.16. The first kappa shape index (κ1) is 10.7. The van der Waals surface area contributed by atoms with E-state index in [-0.39, 0.29) is 12.1 Å². The summed E-state index contributed by atoms with van der Waals surface area (Å²) < 4.78 is 5.15. The number of anilines is 2. The molecule has 0 bridgehead atoms. The van der Waals surface area contributed by atoms with E-state index in [1.807, 2.05) is 0 Å². The number of pyridine rings is 1. The number of nitrogens with zero attached hydrogens (tertiary/aromatic N) is 1. The van der Waals surface area contributed by atoms with E-state index in [4.69, 9.17) is 10.5 Å². The van der Waals surface area contributed by atoms with Gasteiger partial charge in [0.05, 0.1) is 18.3 Å². The third kappa shape index (κ3) is 2.60. The number of hydrogen-bond donors (Lipinski definition) is 3. The van der Waals surface area contributed by atoms with Gasteiger partial charge in [0.1, 0.15) is 0 Å². The molecule has 6 nitrogen and oxygen atoms in total. The van der Waals surface area contributed by atoms with Crippen LogP contribution in [0.4, 0.5) is 16.3 Å². The molecule has 1 aliphatic rings. The monoisotopic (exact) mass is 222 g/mol. The highest BCUT2D eigenvalue weighted by Crippen LogP contribution is 2.12. The maximum absolute atomic E-state index is 11.5. The topological polar surface area (TPSA) is 89.3 Å². The van der Waals surface area contributed by atoms with Crippen molar-refractivity contribution in [2.75, 3.05) is 24.3 Å². The summed E-state index contributed by atoms with van der Waals surface area (Å²) in [5, 5.41) is 5.38. The fourth-order valence-corrected chi connectivity index (χ4v) is 1.50. The van der Waals surface area contributed by atoms with Crippen LogP contribution in [0.25, 0.3) is 0 Å². The SMILES string of the molecule is Nc1cccnc1NC(=O)NC1CCOC1. The molecule has 16 heavy (non-hydrogen) atoms. The number of nitrogen functional groups attached to an aromatic ring is 1. The van der Waals surface area contributed by atoms with Crippen molar-refractivity contribution in [3.8, 4) is 0 Å². The van der Waals surface area contributed by atoms with E-state index in [0.29, 0.717) is 24.7 Å². The number of ether oxygens (including phenoxy) is 1. The molecule has 1 unspecified atom stereocenters. The molecule has 0 aromatic carbocycles. The van der Waals surface area contributed by atoms with Crippen LogP contribution in [0.1, 0.15) is 6.42 Å². The Hall–Kier alpha value is -1.82. The van der Waals surface area contributed by atoms with Crippen LogP contribution in [0.5, 0.6) is 0 Å². The summed E-state index contributed by atoms with van der Waals surface area (Å²) in [5.74, 6) is 0.374. The van der Waals surface area contributed by atoms with Crippen molar-refractivity contribution in [3.63, 3.8) is 0 Å². The third-order valence-corrected chi connectivity index (χ3v) is 2.34. The molecule has 0 aliphatic carbocycles. The Morgan fingerprint density at radius 1 is 1.62 bits per heavy atom. The number of amides is 2.